The van der Waals surface area contributed by atoms with Crippen LogP contribution in [0.5, 0.6) is 5.75 Å². The van der Waals surface area contributed by atoms with E-state index in [-0.39, 0.29) is 10.6 Å². The van der Waals surface area contributed by atoms with Gasteiger partial charge in [-0.1, -0.05) is 30.3 Å². The van der Waals surface area contributed by atoms with Gasteiger partial charge in [-0.25, -0.2) is 8.42 Å². The minimum atomic E-state index is -3.70. The molecule has 0 aliphatic carbocycles. The van der Waals surface area contributed by atoms with E-state index in [4.69, 9.17) is 0 Å². The lowest BCUT2D eigenvalue weighted by Gasteiger charge is -2.20. The van der Waals surface area contributed by atoms with Crippen LogP contribution in [-0.2, 0) is 16.4 Å². The van der Waals surface area contributed by atoms with Crippen LogP contribution in [0.4, 0.5) is 5.69 Å². The van der Waals surface area contributed by atoms with E-state index in [1.807, 2.05) is 18.2 Å². The lowest BCUT2D eigenvalue weighted by molar-refractivity contribution is 0.458. The summed E-state index contributed by atoms with van der Waals surface area (Å²) in [5, 5.41) is 9.75. The Hall–Kier alpha value is -2.01. The predicted octanol–water partition coefficient (Wildman–Crippen LogP) is 2.14. The molecule has 0 fully saturated rings. The van der Waals surface area contributed by atoms with Gasteiger partial charge in [0.15, 0.2) is 0 Å². The number of nitrogens with zero attached hydrogens (tertiary/aromatic N) is 1. The van der Waals surface area contributed by atoms with Gasteiger partial charge in [0.1, 0.15) is 10.6 Å². The van der Waals surface area contributed by atoms with E-state index in [0.717, 1.165) is 5.56 Å². The molecular formula is C14H13NO3S. The van der Waals surface area contributed by atoms with E-state index in [1.54, 1.807) is 18.2 Å². The minimum absolute atomic E-state index is 0.0493. The van der Waals surface area contributed by atoms with Crippen molar-refractivity contribution in [3.8, 4) is 5.75 Å². The molecule has 1 aliphatic rings. The average molecular weight is 275 g/mol. The molecule has 4 nitrogen and oxygen atoms in total. The van der Waals surface area contributed by atoms with Crippen LogP contribution in [0.2, 0.25) is 0 Å². The van der Waals surface area contributed by atoms with Gasteiger partial charge in [0, 0.05) is 6.54 Å². The maximum atomic E-state index is 12.6. The van der Waals surface area contributed by atoms with E-state index >= 15 is 0 Å². The summed E-state index contributed by atoms with van der Waals surface area (Å²) in [7, 11) is -3.70. The Balaban J connectivity index is 2.11. The number of hydrogen-bond donors (Lipinski definition) is 1. The maximum absolute atomic E-state index is 12.6. The molecule has 19 heavy (non-hydrogen) atoms. The van der Waals surface area contributed by atoms with Crippen molar-refractivity contribution in [2.75, 3.05) is 10.8 Å². The Morgan fingerprint density at radius 3 is 2.47 bits per heavy atom. The van der Waals surface area contributed by atoms with E-state index < -0.39 is 10.0 Å². The molecule has 2 aromatic rings. The first-order valence-electron chi connectivity index (χ1n) is 5.99. The maximum Gasteiger partial charge on any atom is 0.268 e. The van der Waals surface area contributed by atoms with Gasteiger partial charge in [-0.15, -0.1) is 0 Å². The molecule has 0 radical (unpaired) electrons. The lowest BCUT2D eigenvalue weighted by Crippen LogP contribution is -2.29. The Labute approximate surface area is 112 Å². The molecule has 0 atom stereocenters. The quantitative estimate of drug-likeness (QED) is 0.913. The van der Waals surface area contributed by atoms with Crippen molar-refractivity contribution in [2.24, 2.45) is 0 Å². The first kappa shape index (κ1) is 12.0. The second-order valence-corrected chi connectivity index (χ2v) is 6.25. The summed E-state index contributed by atoms with van der Waals surface area (Å²) < 4.78 is 26.5. The monoisotopic (exact) mass is 275 g/mol. The molecule has 2 aromatic carbocycles. The first-order valence-corrected chi connectivity index (χ1v) is 7.43. The van der Waals surface area contributed by atoms with Crippen LogP contribution in [0.3, 0.4) is 0 Å². The van der Waals surface area contributed by atoms with Crippen molar-refractivity contribution in [2.45, 2.75) is 11.3 Å². The number of hydrogen-bond acceptors (Lipinski definition) is 3. The highest BCUT2D eigenvalue weighted by Gasteiger charge is 2.32. The molecule has 0 bridgehead atoms. The summed E-state index contributed by atoms with van der Waals surface area (Å²) >= 11 is 0. The molecule has 0 amide bonds. The second-order valence-electron chi connectivity index (χ2n) is 4.42. The third-order valence-electron chi connectivity index (χ3n) is 3.28. The van der Waals surface area contributed by atoms with Crippen LogP contribution in [0.1, 0.15) is 5.56 Å². The van der Waals surface area contributed by atoms with Gasteiger partial charge in [0.25, 0.3) is 10.0 Å². The number of para-hydroxylation sites is 2. The molecule has 0 unspecified atom stereocenters. The largest absolute Gasteiger partial charge is 0.507 e. The van der Waals surface area contributed by atoms with Gasteiger partial charge in [0.05, 0.1) is 5.69 Å². The molecule has 1 N–H and O–H groups in total. The van der Waals surface area contributed by atoms with Crippen LogP contribution in [0, 0.1) is 0 Å². The van der Waals surface area contributed by atoms with E-state index in [1.165, 1.54) is 16.4 Å². The zero-order valence-corrected chi connectivity index (χ0v) is 11.0. The van der Waals surface area contributed by atoms with Gasteiger partial charge in [-0.2, -0.15) is 0 Å². The zero-order chi connectivity index (χ0) is 13.5. The van der Waals surface area contributed by atoms with Gasteiger partial charge >= 0.3 is 0 Å². The Morgan fingerprint density at radius 1 is 1.00 bits per heavy atom. The zero-order valence-electron chi connectivity index (χ0n) is 10.2. The molecule has 0 saturated heterocycles. The van der Waals surface area contributed by atoms with Crippen molar-refractivity contribution in [1.82, 2.24) is 0 Å². The Kier molecular flexibility index (Phi) is 2.71. The SMILES string of the molecule is O=S(=O)(c1ccccc1O)N1CCc2ccccc21. The van der Waals surface area contributed by atoms with Crippen molar-refractivity contribution in [3.05, 3.63) is 54.1 Å². The van der Waals surface area contributed by atoms with Gasteiger partial charge in [-0.05, 0) is 30.2 Å². The van der Waals surface area contributed by atoms with E-state index in [9.17, 15) is 13.5 Å². The molecule has 3 rings (SSSR count). The molecule has 0 aromatic heterocycles. The van der Waals surface area contributed by atoms with Crippen molar-refractivity contribution < 1.29 is 13.5 Å². The number of rotatable bonds is 2. The minimum Gasteiger partial charge on any atom is -0.507 e. The molecule has 98 valence electrons. The fourth-order valence-electron chi connectivity index (χ4n) is 2.35. The molecule has 0 spiro atoms. The third-order valence-corrected chi connectivity index (χ3v) is 5.14. The van der Waals surface area contributed by atoms with Crippen molar-refractivity contribution in [3.63, 3.8) is 0 Å². The summed E-state index contributed by atoms with van der Waals surface area (Å²) in [6.07, 6.45) is 0.697. The highest BCUT2D eigenvalue weighted by atomic mass is 32.2. The second kappa shape index (κ2) is 4.28. The molecule has 0 saturated carbocycles. The van der Waals surface area contributed by atoms with Crippen LogP contribution in [0.25, 0.3) is 0 Å². The smallest absolute Gasteiger partial charge is 0.268 e. The van der Waals surface area contributed by atoms with E-state index in [0.29, 0.717) is 18.7 Å². The van der Waals surface area contributed by atoms with E-state index in [2.05, 4.69) is 0 Å². The highest BCUT2D eigenvalue weighted by Crippen LogP contribution is 2.34. The van der Waals surface area contributed by atoms with Gasteiger partial charge in [-0.3, -0.25) is 4.31 Å². The van der Waals surface area contributed by atoms with Crippen molar-refractivity contribution in [1.29, 1.82) is 0 Å². The average Bonchev–Trinajstić information content (AvgIpc) is 2.83. The number of benzene rings is 2. The number of sulfonamides is 1. The van der Waals surface area contributed by atoms with Crippen LogP contribution in [0.15, 0.2) is 53.4 Å². The number of phenols is 1. The van der Waals surface area contributed by atoms with Gasteiger partial charge in [0.2, 0.25) is 0 Å². The summed E-state index contributed by atoms with van der Waals surface area (Å²) in [5.74, 6) is -0.216. The summed E-state index contributed by atoms with van der Waals surface area (Å²) in [5.41, 5.74) is 1.72. The Morgan fingerprint density at radius 2 is 1.68 bits per heavy atom. The third kappa shape index (κ3) is 1.86. The van der Waals surface area contributed by atoms with Crippen LogP contribution in [-0.4, -0.2) is 20.1 Å². The number of aromatic hydroxyl groups is 1. The standard InChI is InChI=1S/C14H13NO3S/c16-13-7-3-4-8-14(13)19(17,18)15-10-9-11-5-1-2-6-12(11)15/h1-8,16H,9-10H2. The highest BCUT2D eigenvalue weighted by molar-refractivity contribution is 7.93. The number of phenolic OH excluding ortho intramolecular Hbond substituents is 1. The molecule has 5 heteroatoms. The summed E-state index contributed by atoms with van der Waals surface area (Å²) in [6.45, 7) is 0.413. The van der Waals surface area contributed by atoms with Gasteiger partial charge < -0.3 is 5.11 Å². The molecular weight excluding hydrogens is 262 g/mol. The van der Waals surface area contributed by atoms with Crippen LogP contribution >= 0.6 is 0 Å². The predicted molar refractivity (Wildman–Crippen MR) is 72.8 cm³/mol. The summed E-state index contributed by atoms with van der Waals surface area (Å²) in [6, 6.07) is 13.4. The normalized spacial score (nSPS) is 14.4. The van der Waals surface area contributed by atoms with Crippen molar-refractivity contribution >= 4 is 15.7 Å². The number of fused-ring (bicyclic) bond motifs is 1. The first-order chi connectivity index (χ1) is 9.10. The molecule has 1 aliphatic heterocycles. The lowest BCUT2D eigenvalue weighted by atomic mass is 10.2. The summed E-state index contributed by atoms with van der Waals surface area (Å²) in [4.78, 5) is -0.0493. The fourth-order valence-corrected chi connectivity index (χ4v) is 3.94. The van der Waals surface area contributed by atoms with Crippen LogP contribution < -0.4 is 4.31 Å². The molecule has 1 heterocycles. The topological polar surface area (TPSA) is 57.6 Å². The Bertz CT molecular complexity index is 725. The fraction of sp³-hybridized carbons (Fsp3) is 0.143. The number of anilines is 1.